The van der Waals surface area contributed by atoms with Gasteiger partial charge in [0.2, 0.25) is 11.3 Å². The fourth-order valence-electron chi connectivity index (χ4n) is 3.01. The molecule has 1 amide bonds. The van der Waals surface area contributed by atoms with Crippen molar-refractivity contribution in [3.05, 3.63) is 76.1 Å². The summed E-state index contributed by atoms with van der Waals surface area (Å²) in [6.45, 7) is 0.0672. The van der Waals surface area contributed by atoms with Gasteiger partial charge in [-0.3, -0.25) is 14.3 Å². The topological polar surface area (TPSA) is 55.2 Å². The number of halogens is 3. The van der Waals surface area contributed by atoms with Gasteiger partial charge in [-0.15, -0.1) is 0 Å². The van der Waals surface area contributed by atoms with Gasteiger partial charge in [0, 0.05) is 25.4 Å². The minimum atomic E-state index is -4.47. The number of hydrogen-bond donors (Lipinski definition) is 0. The highest BCUT2D eigenvalue weighted by atomic mass is 19.4. The first kappa shape index (κ1) is 19.6. The molecule has 0 N–H and O–H groups in total. The molecule has 5 nitrogen and oxygen atoms in total. The number of carbonyl (C=O) groups excluding carboxylic acids is 1. The largest absolute Gasteiger partial charge is 0.416 e. The van der Waals surface area contributed by atoms with Crippen molar-refractivity contribution in [2.75, 3.05) is 7.05 Å². The molecule has 3 rings (SSSR count). The molecule has 0 aliphatic rings. The zero-order valence-corrected chi connectivity index (χ0v) is 15.1. The summed E-state index contributed by atoms with van der Waals surface area (Å²) in [4.78, 5) is 25.5. The van der Waals surface area contributed by atoms with E-state index in [1.165, 1.54) is 36.3 Å². The Morgan fingerprint density at radius 1 is 1.11 bits per heavy atom. The second kappa shape index (κ2) is 7.84. The zero-order valence-electron chi connectivity index (χ0n) is 15.1. The monoisotopic (exact) mass is 389 g/mol. The van der Waals surface area contributed by atoms with Crippen LogP contribution in [-0.2, 0) is 24.1 Å². The Bertz CT molecular complexity index is 1060. The molecular weight excluding hydrogens is 371 g/mol. The maximum absolute atomic E-state index is 13.1. The average molecular weight is 389 g/mol. The Balaban J connectivity index is 1.71. The molecule has 3 aromatic rings. The van der Waals surface area contributed by atoms with Crippen LogP contribution in [-0.4, -0.2) is 27.6 Å². The molecule has 0 saturated heterocycles. The molecule has 8 heteroatoms. The Morgan fingerprint density at radius 3 is 2.54 bits per heavy atom. The minimum absolute atomic E-state index is 0.0396. The first-order valence-corrected chi connectivity index (χ1v) is 8.61. The first-order valence-electron chi connectivity index (χ1n) is 8.61. The molecule has 28 heavy (non-hydrogen) atoms. The van der Waals surface area contributed by atoms with E-state index in [4.69, 9.17) is 0 Å². The van der Waals surface area contributed by atoms with Crippen molar-refractivity contribution in [1.82, 2.24) is 14.7 Å². The number of hydrogen-bond acceptors (Lipinski definition) is 3. The van der Waals surface area contributed by atoms with Gasteiger partial charge in [-0.1, -0.05) is 30.3 Å². The summed E-state index contributed by atoms with van der Waals surface area (Å²) in [6, 6.07) is 12.1. The van der Waals surface area contributed by atoms with Crippen molar-refractivity contribution in [3.63, 3.8) is 0 Å². The molecule has 0 fully saturated rings. The van der Waals surface area contributed by atoms with E-state index in [2.05, 4.69) is 5.10 Å². The van der Waals surface area contributed by atoms with Crippen molar-refractivity contribution in [2.45, 2.75) is 25.7 Å². The van der Waals surface area contributed by atoms with Gasteiger partial charge in [0.05, 0.1) is 23.8 Å². The lowest BCUT2D eigenvalue weighted by Gasteiger charge is -2.20. The number of aryl methyl sites for hydroxylation is 1. The number of fused-ring (bicyclic) bond motifs is 1. The number of amides is 1. The Labute approximate surface area is 159 Å². The lowest BCUT2D eigenvalue weighted by molar-refractivity contribution is -0.139. The van der Waals surface area contributed by atoms with E-state index >= 15 is 0 Å². The molecule has 0 unspecified atom stereocenters. The third-order valence-corrected chi connectivity index (χ3v) is 4.46. The summed E-state index contributed by atoms with van der Waals surface area (Å²) in [5, 5.41) is 4.55. The van der Waals surface area contributed by atoms with E-state index < -0.39 is 11.7 Å². The number of carbonyl (C=O) groups is 1. The quantitative estimate of drug-likeness (QED) is 0.672. The van der Waals surface area contributed by atoms with Crippen molar-refractivity contribution >= 4 is 16.8 Å². The maximum atomic E-state index is 13.1. The summed E-state index contributed by atoms with van der Waals surface area (Å²) < 4.78 is 40.9. The summed E-state index contributed by atoms with van der Waals surface area (Å²) in [5.74, 6) is -0.318. The minimum Gasteiger partial charge on any atom is -0.341 e. The molecule has 0 radical (unpaired) electrons. The smallest absolute Gasteiger partial charge is 0.341 e. The van der Waals surface area contributed by atoms with Gasteiger partial charge in [0.25, 0.3) is 0 Å². The highest BCUT2D eigenvalue weighted by molar-refractivity contribution is 5.79. The van der Waals surface area contributed by atoms with E-state index in [1.807, 2.05) is 0 Å². The molecule has 0 aliphatic carbocycles. The van der Waals surface area contributed by atoms with E-state index in [-0.39, 0.29) is 36.4 Å². The normalized spacial score (nSPS) is 11.6. The van der Waals surface area contributed by atoms with E-state index in [9.17, 15) is 22.8 Å². The molecule has 146 valence electrons. The second-order valence-corrected chi connectivity index (χ2v) is 6.40. The van der Waals surface area contributed by atoms with Crippen LogP contribution in [0.5, 0.6) is 0 Å². The van der Waals surface area contributed by atoms with Crippen molar-refractivity contribution in [2.24, 2.45) is 0 Å². The summed E-state index contributed by atoms with van der Waals surface area (Å²) in [5.41, 5.74) is -0.313. The fraction of sp³-hybridized carbons (Fsp3) is 0.250. The molecule has 1 aromatic heterocycles. The number of benzene rings is 2. The molecule has 0 aliphatic heterocycles. The summed E-state index contributed by atoms with van der Waals surface area (Å²) in [6.07, 6.45) is -3.24. The third-order valence-electron chi connectivity index (χ3n) is 4.46. The van der Waals surface area contributed by atoms with Crippen molar-refractivity contribution in [3.8, 4) is 0 Å². The van der Waals surface area contributed by atoms with Gasteiger partial charge in [-0.25, -0.2) is 0 Å². The number of rotatable bonds is 5. The molecular formula is C20H18F3N3O2. The lowest BCUT2D eigenvalue weighted by atomic mass is 10.1. The zero-order chi connectivity index (χ0) is 20.3. The van der Waals surface area contributed by atoms with Gasteiger partial charge in [-0.2, -0.15) is 18.3 Å². The first-order chi connectivity index (χ1) is 13.3. The van der Waals surface area contributed by atoms with Crippen LogP contribution < -0.4 is 5.43 Å². The van der Waals surface area contributed by atoms with Crippen LogP contribution in [0.1, 0.15) is 17.5 Å². The van der Waals surface area contributed by atoms with Gasteiger partial charge in [-0.05, 0) is 23.8 Å². The van der Waals surface area contributed by atoms with Gasteiger partial charge in [0.15, 0.2) is 0 Å². The van der Waals surface area contributed by atoms with Gasteiger partial charge in [0.1, 0.15) is 0 Å². The number of aromatic nitrogens is 2. The predicted octanol–water partition coefficient (Wildman–Crippen LogP) is 3.46. The van der Waals surface area contributed by atoms with Crippen LogP contribution in [0.2, 0.25) is 0 Å². The highest BCUT2D eigenvalue weighted by Gasteiger charge is 2.33. The Hall–Kier alpha value is -3.16. The van der Waals surface area contributed by atoms with Gasteiger partial charge < -0.3 is 4.90 Å². The standard InChI is InChI=1S/C20H18F3N3O2/c1-25(13-14-6-2-4-8-16(14)20(21,22)23)19(28)10-11-26-17-9-5-3-7-15(17)18(27)12-24-26/h2-9,12H,10-11,13H2,1H3. The highest BCUT2D eigenvalue weighted by Crippen LogP contribution is 2.32. The Kier molecular flexibility index (Phi) is 5.48. The predicted molar refractivity (Wildman–Crippen MR) is 98.5 cm³/mol. The van der Waals surface area contributed by atoms with Crippen LogP contribution in [0.15, 0.2) is 59.5 Å². The van der Waals surface area contributed by atoms with Gasteiger partial charge >= 0.3 is 6.18 Å². The Morgan fingerprint density at radius 2 is 1.79 bits per heavy atom. The van der Waals surface area contributed by atoms with Crippen molar-refractivity contribution < 1.29 is 18.0 Å². The average Bonchev–Trinajstić information content (AvgIpc) is 2.67. The summed E-state index contributed by atoms with van der Waals surface area (Å²) in [7, 11) is 1.46. The second-order valence-electron chi connectivity index (χ2n) is 6.40. The summed E-state index contributed by atoms with van der Waals surface area (Å²) >= 11 is 0. The van der Waals surface area contributed by atoms with Crippen LogP contribution >= 0.6 is 0 Å². The molecule has 0 saturated carbocycles. The molecule has 0 atom stereocenters. The number of nitrogens with zero attached hydrogens (tertiary/aromatic N) is 3. The number of para-hydroxylation sites is 1. The van der Waals surface area contributed by atoms with Crippen LogP contribution in [0.3, 0.4) is 0 Å². The number of alkyl halides is 3. The fourth-order valence-corrected chi connectivity index (χ4v) is 3.01. The van der Waals surface area contributed by atoms with Crippen molar-refractivity contribution in [1.29, 1.82) is 0 Å². The van der Waals surface area contributed by atoms with E-state index in [0.29, 0.717) is 10.9 Å². The van der Waals surface area contributed by atoms with Crippen LogP contribution in [0.25, 0.3) is 10.9 Å². The molecule has 1 heterocycles. The maximum Gasteiger partial charge on any atom is 0.416 e. The van der Waals surface area contributed by atoms with Crippen LogP contribution in [0.4, 0.5) is 13.2 Å². The molecule has 0 spiro atoms. The van der Waals surface area contributed by atoms with E-state index in [0.717, 1.165) is 6.07 Å². The van der Waals surface area contributed by atoms with Crippen LogP contribution in [0, 0.1) is 0 Å². The molecule has 0 bridgehead atoms. The van der Waals surface area contributed by atoms with E-state index in [1.54, 1.807) is 28.9 Å². The third kappa shape index (κ3) is 4.21. The SMILES string of the molecule is CN(Cc1ccccc1C(F)(F)F)C(=O)CCn1ncc(=O)c2ccccc21. The lowest BCUT2D eigenvalue weighted by Crippen LogP contribution is -2.28. The molecule has 2 aromatic carbocycles.